The van der Waals surface area contributed by atoms with Crippen LogP contribution in [0.15, 0.2) is 42.5 Å². The van der Waals surface area contributed by atoms with Gasteiger partial charge in [-0.1, -0.05) is 20.8 Å². The average molecular weight is 459 g/mol. The van der Waals surface area contributed by atoms with Crippen LogP contribution >= 0.6 is 0 Å². The highest BCUT2D eigenvalue weighted by Gasteiger charge is 2.29. The van der Waals surface area contributed by atoms with E-state index in [2.05, 4.69) is 15.4 Å². The van der Waals surface area contributed by atoms with E-state index < -0.39 is 22.0 Å². The maximum Gasteiger partial charge on any atom is 0.328 e. The van der Waals surface area contributed by atoms with Gasteiger partial charge in [0.2, 0.25) is 15.9 Å². The van der Waals surface area contributed by atoms with Crippen molar-refractivity contribution in [2.45, 2.75) is 32.6 Å². The molecule has 3 rings (SSSR count). The molecule has 1 heterocycles. The van der Waals surface area contributed by atoms with Gasteiger partial charge in [-0.05, 0) is 53.4 Å². The molecule has 0 radical (unpaired) electrons. The maximum atomic E-state index is 13.0. The summed E-state index contributed by atoms with van der Waals surface area (Å²) in [5, 5.41) is 5.41. The van der Waals surface area contributed by atoms with E-state index in [-0.39, 0.29) is 29.9 Å². The summed E-state index contributed by atoms with van der Waals surface area (Å²) < 4.78 is 25.0. The quantitative estimate of drug-likeness (QED) is 0.635. The predicted molar refractivity (Wildman–Crippen MR) is 124 cm³/mol. The fraction of sp³-hybridized carbons (Fsp3) is 0.318. The van der Waals surface area contributed by atoms with Crippen molar-refractivity contribution in [2.24, 2.45) is 0 Å². The lowest BCUT2D eigenvalue weighted by atomic mass is 9.85. The molecule has 170 valence electrons. The molecule has 0 saturated carbocycles. The van der Waals surface area contributed by atoms with Gasteiger partial charge in [0.05, 0.1) is 11.9 Å². The highest BCUT2D eigenvalue weighted by molar-refractivity contribution is 7.92. The lowest BCUT2D eigenvalue weighted by Crippen LogP contribution is -2.50. The first-order valence-electron chi connectivity index (χ1n) is 9.99. The van der Waals surface area contributed by atoms with Crippen LogP contribution in [0.3, 0.4) is 0 Å². The van der Waals surface area contributed by atoms with Gasteiger partial charge in [0, 0.05) is 29.9 Å². The molecule has 1 aliphatic heterocycles. The number of sulfonamides is 1. The van der Waals surface area contributed by atoms with Crippen LogP contribution in [0.5, 0.6) is 0 Å². The topological polar surface area (TPSA) is 125 Å². The number of anilines is 3. The Morgan fingerprint density at radius 2 is 1.66 bits per heavy atom. The van der Waals surface area contributed by atoms with Gasteiger partial charge in [0.1, 0.15) is 0 Å². The molecular formula is C22H26N4O5S. The van der Waals surface area contributed by atoms with Gasteiger partial charge in [-0.25, -0.2) is 18.1 Å². The summed E-state index contributed by atoms with van der Waals surface area (Å²) in [4.78, 5) is 38.7. The summed E-state index contributed by atoms with van der Waals surface area (Å²) >= 11 is 0. The van der Waals surface area contributed by atoms with E-state index in [9.17, 15) is 22.8 Å². The van der Waals surface area contributed by atoms with Crippen LogP contribution < -0.4 is 20.3 Å². The Balaban J connectivity index is 1.91. The van der Waals surface area contributed by atoms with E-state index in [1.54, 1.807) is 24.3 Å². The van der Waals surface area contributed by atoms with Gasteiger partial charge in [-0.3, -0.25) is 14.3 Å². The minimum atomic E-state index is -3.40. The second-order valence-electron chi connectivity index (χ2n) is 8.64. The Kier molecular flexibility index (Phi) is 6.27. The van der Waals surface area contributed by atoms with Crippen LogP contribution in [0.4, 0.5) is 21.9 Å². The van der Waals surface area contributed by atoms with Crippen molar-refractivity contribution in [2.75, 3.05) is 27.7 Å². The molecule has 0 bridgehead atoms. The summed E-state index contributed by atoms with van der Waals surface area (Å²) in [6.07, 6.45) is 1.23. The van der Waals surface area contributed by atoms with E-state index in [4.69, 9.17) is 0 Å². The number of rotatable bonds is 5. The van der Waals surface area contributed by atoms with Crippen molar-refractivity contribution >= 4 is 44.9 Å². The molecule has 2 aromatic carbocycles. The number of nitrogens with one attached hydrogen (secondary N) is 3. The van der Waals surface area contributed by atoms with Crippen molar-refractivity contribution in [3.63, 3.8) is 0 Å². The zero-order chi connectivity index (χ0) is 23.7. The summed E-state index contributed by atoms with van der Waals surface area (Å²) in [7, 11) is -3.40. The Morgan fingerprint density at radius 1 is 1.03 bits per heavy atom. The minimum Gasteiger partial charge on any atom is -0.337 e. The largest absolute Gasteiger partial charge is 0.337 e. The zero-order valence-corrected chi connectivity index (χ0v) is 19.2. The van der Waals surface area contributed by atoms with E-state index in [1.807, 2.05) is 20.8 Å². The number of nitrogens with zero attached hydrogens (tertiary/aromatic N) is 1. The van der Waals surface area contributed by atoms with Crippen LogP contribution in [0.25, 0.3) is 0 Å². The number of amides is 4. The van der Waals surface area contributed by atoms with Crippen molar-refractivity contribution in [1.29, 1.82) is 0 Å². The fourth-order valence-corrected chi connectivity index (χ4v) is 3.75. The molecule has 1 saturated heterocycles. The average Bonchev–Trinajstić information content (AvgIpc) is 2.67. The molecule has 0 unspecified atom stereocenters. The molecule has 32 heavy (non-hydrogen) atoms. The Hall–Kier alpha value is -3.40. The van der Waals surface area contributed by atoms with E-state index in [0.29, 0.717) is 17.1 Å². The number of benzene rings is 2. The lowest BCUT2D eigenvalue weighted by molar-refractivity contribution is -0.118. The van der Waals surface area contributed by atoms with Gasteiger partial charge in [-0.2, -0.15) is 0 Å². The van der Waals surface area contributed by atoms with E-state index in [1.165, 1.54) is 18.2 Å². The van der Waals surface area contributed by atoms with Gasteiger partial charge in [0.15, 0.2) is 0 Å². The Morgan fingerprint density at radius 3 is 2.22 bits per heavy atom. The Bertz CT molecular complexity index is 1150. The summed E-state index contributed by atoms with van der Waals surface area (Å²) in [6, 6.07) is 10.7. The second kappa shape index (κ2) is 8.62. The third-order valence-electron chi connectivity index (χ3n) is 4.82. The van der Waals surface area contributed by atoms with Crippen LogP contribution in [0.2, 0.25) is 0 Å². The third kappa shape index (κ3) is 5.64. The smallest absolute Gasteiger partial charge is 0.328 e. The number of hydrogen-bond donors (Lipinski definition) is 3. The summed E-state index contributed by atoms with van der Waals surface area (Å²) in [5.74, 6) is -0.758. The molecule has 0 aliphatic carbocycles. The first-order chi connectivity index (χ1) is 14.8. The van der Waals surface area contributed by atoms with Crippen LogP contribution in [0.1, 0.15) is 43.1 Å². The first kappa shape index (κ1) is 23.3. The number of urea groups is 1. The van der Waals surface area contributed by atoms with E-state index >= 15 is 0 Å². The monoisotopic (exact) mass is 458 g/mol. The van der Waals surface area contributed by atoms with E-state index in [0.717, 1.165) is 16.7 Å². The van der Waals surface area contributed by atoms with Crippen molar-refractivity contribution < 1.29 is 22.8 Å². The van der Waals surface area contributed by atoms with Crippen LogP contribution in [-0.4, -0.2) is 39.1 Å². The molecule has 1 fully saturated rings. The van der Waals surface area contributed by atoms with Crippen LogP contribution in [0, 0.1) is 0 Å². The number of carbonyl (C=O) groups excluding carboxylic acids is 3. The maximum absolute atomic E-state index is 13.0. The van der Waals surface area contributed by atoms with Crippen molar-refractivity contribution in [1.82, 2.24) is 5.32 Å². The summed E-state index contributed by atoms with van der Waals surface area (Å²) in [6.45, 7) is 6.20. The molecule has 0 atom stereocenters. The molecule has 2 aromatic rings. The van der Waals surface area contributed by atoms with Gasteiger partial charge in [-0.15, -0.1) is 0 Å². The molecule has 4 amide bonds. The molecule has 10 heteroatoms. The highest BCUT2D eigenvalue weighted by atomic mass is 32.2. The van der Waals surface area contributed by atoms with Crippen molar-refractivity contribution in [3.8, 4) is 0 Å². The fourth-order valence-electron chi connectivity index (χ4n) is 3.19. The van der Waals surface area contributed by atoms with Gasteiger partial charge < -0.3 is 10.6 Å². The third-order valence-corrected chi connectivity index (χ3v) is 5.42. The van der Waals surface area contributed by atoms with Crippen LogP contribution in [-0.2, 0) is 20.2 Å². The molecule has 0 spiro atoms. The normalized spacial score (nSPS) is 14.7. The minimum absolute atomic E-state index is 0.181. The molecular weight excluding hydrogens is 432 g/mol. The predicted octanol–water partition coefficient (Wildman–Crippen LogP) is 3.05. The number of hydrogen-bond acceptors (Lipinski definition) is 5. The lowest BCUT2D eigenvalue weighted by Gasteiger charge is -2.28. The molecule has 0 aromatic heterocycles. The van der Waals surface area contributed by atoms with Gasteiger partial charge >= 0.3 is 6.03 Å². The molecule has 3 N–H and O–H groups in total. The van der Waals surface area contributed by atoms with Crippen molar-refractivity contribution in [3.05, 3.63) is 53.6 Å². The number of imide groups is 1. The molecule has 9 nitrogen and oxygen atoms in total. The first-order valence-corrected chi connectivity index (χ1v) is 11.9. The Labute approximate surface area is 187 Å². The SMILES string of the molecule is CC(C)(C)c1cc(C(=O)Nc2ccc(NS(C)(=O)=O)cc2)cc(N2C(=O)CCNC2=O)c1. The summed E-state index contributed by atoms with van der Waals surface area (Å²) in [5.41, 5.74) is 1.91. The van der Waals surface area contributed by atoms with Gasteiger partial charge in [0.25, 0.3) is 5.91 Å². The standard InChI is InChI=1S/C22H26N4O5S/c1-22(2,3)15-11-14(12-18(13-15)26-19(27)9-10-23-21(26)29)20(28)24-16-5-7-17(8-6-16)25-32(4,30)31/h5-8,11-13,25H,9-10H2,1-4H3,(H,23,29)(H,24,28). The zero-order valence-electron chi connectivity index (χ0n) is 18.4. The highest BCUT2D eigenvalue weighted by Crippen LogP contribution is 2.30. The molecule has 1 aliphatic rings. The number of carbonyl (C=O) groups is 3. The second-order valence-corrected chi connectivity index (χ2v) is 10.4.